The highest BCUT2D eigenvalue weighted by Gasteiger charge is 2.08. The van der Waals surface area contributed by atoms with Crippen LogP contribution >= 0.6 is 15.9 Å². The molecule has 0 amide bonds. The normalized spacial score (nSPS) is 9.92. The van der Waals surface area contributed by atoms with Gasteiger partial charge in [0.1, 0.15) is 0 Å². The van der Waals surface area contributed by atoms with Crippen molar-refractivity contribution in [3.63, 3.8) is 0 Å². The van der Waals surface area contributed by atoms with Crippen molar-refractivity contribution >= 4 is 27.2 Å². The van der Waals surface area contributed by atoms with E-state index in [4.69, 9.17) is 5.73 Å². The highest BCUT2D eigenvalue weighted by molar-refractivity contribution is 9.10. The molecule has 3 heteroatoms. The lowest BCUT2D eigenvalue weighted by molar-refractivity contribution is 0.625. The first-order valence-corrected chi connectivity index (χ1v) is 4.22. The summed E-state index contributed by atoms with van der Waals surface area (Å²) in [6.07, 6.45) is 0. The molecule has 0 saturated heterocycles. The van der Waals surface area contributed by atoms with Gasteiger partial charge >= 0.3 is 0 Å². The van der Waals surface area contributed by atoms with E-state index in [0.29, 0.717) is 4.47 Å². The van der Waals surface area contributed by atoms with Gasteiger partial charge in [-0.15, -0.1) is 0 Å². The van der Waals surface area contributed by atoms with Crippen molar-refractivity contribution in [3.8, 4) is 0 Å². The number of nitrogen functional groups attached to an aromatic ring is 1. The summed E-state index contributed by atoms with van der Waals surface area (Å²) in [6.45, 7) is 5.53. The van der Waals surface area contributed by atoms with Crippen molar-refractivity contribution < 1.29 is 4.39 Å². The molecule has 0 fully saturated rings. The van der Waals surface area contributed by atoms with Crippen LogP contribution in [0.4, 0.5) is 10.1 Å². The Hall–Kier alpha value is -0.830. The Morgan fingerprint density at radius 1 is 1.58 bits per heavy atom. The smallest absolute Gasteiger partial charge is 0.160 e. The van der Waals surface area contributed by atoms with Crippen LogP contribution < -0.4 is 5.73 Å². The zero-order chi connectivity index (χ0) is 9.30. The van der Waals surface area contributed by atoms with E-state index in [9.17, 15) is 4.39 Å². The molecule has 0 aliphatic rings. The third-order valence-electron chi connectivity index (χ3n) is 1.57. The fraction of sp³-hybridized carbons (Fsp3) is 0.111. The molecule has 1 nitrogen and oxygen atoms in total. The van der Waals surface area contributed by atoms with E-state index in [1.807, 2.05) is 6.92 Å². The maximum absolute atomic E-state index is 13.1. The van der Waals surface area contributed by atoms with Gasteiger partial charge in [-0.25, -0.2) is 4.39 Å². The Labute approximate surface area is 79.2 Å². The second-order valence-corrected chi connectivity index (χ2v) is 3.40. The third-order valence-corrected chi connectivity index (χ3v) is 2.35. The van der Waals surface area contributed by atoms with Crippen molar-refractivity contribution in [2.75, 3.05) is 5.73 Å². The molecule has 1 aromatic carbocycles. The van der Waals surface area contributed by atoms with Crippen molar-refractivity contribution in [3.05, 3.63) is 34.6 Å². The first-order valence-electron chi connectivity index (χ1n) is 3.43. The number of halogens is 2. The maximum atomic E-state index is 13.1. The molecule has 1 aromatic rings. The van der Waals surface area contributed by atoms with E-state index < -0.39 is 5.82 Å². The lowest BCUT2D eigenvalue weighted by Gasteiger charge is -2.05. The maximum Gasteiger partial charge on any atom is 0.160 e. The van der Waals surface area contributed by atoms with Gasteiger partial charge in [-0.3, -0.25) is 0 Å². The number of nitrogens with two attached hydrogens (primary N) is 1. The van der Waals surface area contributed by atoms with Crippen LogP contribution in [0.25, 0.3) is 5.57 Å². The van der Waals surface area contributed by atoms with E-state index in [0.717, 1.165) is 11.1 Å². The van der Waals surface area contributed by atoms with Crippen LogP contribution in [0.1, 0.15) is 12.5 Å². The van der Waals surface area contributed by atoms with Crippen molar-refractivity contribution in [2.45, 2.75) is 6.92 Å². The van der Waals surface area contributed by atoms with Gasteiger partial charge in [0.25, 0.3) is 0 Å². The summed E-state index contributed by atoms with van der Waals surface area (Å²) in [6, 6.07) is 3.27. The molecule has 0 spiro atoms. The Morgan fingerprint density at radius 2 is 2.17 bits per heavy atom. The summed E-state index contributed by atoms with van der Waals surface area (Å²) in [5.74, 6) is -0.421. The number of allylic oxidation sites excluding steroid dienone is 1. The van der Waals surface area contributed by atoms with Crippen LogP contribution in [-0.2, 0) is 0 Å². The second kappa shape index (κ2) is 3.27. The summed E-state index contributed by atoms with van der Waals surface area (Å²) < 4.78 is 13.5. The number of anilines is 1. The minimum absolute atomic E-state index is 0.145. The average molecular weight is 230 g/mol. The quantitative estimate of drug-likeness (QED) is 0.736. The van der Waals surface area contributed by atoms with Crippen LogP contribution in [0, 0.1) is 5.82 Å². The van der Waals surface area contributed by atoms with Crippen LogP contribution in [0.15, 0.2) is 23.2 Å². The summed E-state index contributed by atoms with van der Waals surface area (Å²) in [5, 5.41) is 0. The van der Waals surface area contributed by atoms with E-state index in [2.05, 4.69) is 22.5 Å². The Balaban J connectivity index is 3.36. The van der Waals surface area contributed by atoms with E-state index >= 15 is 0 Å². The zero-order valence-electron chi connectivity index (χ0n) is 6.70. The molecule has 12 heavy (non-hydrogen) atoms. The van der Waals surface area contributed by atoms with Crippen LogP contribution in [-0.4, -0.2) is 0 Å². The number of benzene rings is 1. The SMILES string of the molecule is C=C(C)c1ccc(N)c(F)c1Br. The predicted molar refractivity (Wildman–Crippen MR) is 53.2 cm³/mol. The van der Waals surface area contributed by atoms with Gasteiger partial charge in [0.2, 0.25) is 0 Å². The van der Waals surface area contributed by atoms with Gasteiger partial charge in [-0.2, -0.15) is 0 Å². The van der Waals surface area contributed by atoms with E-state index in [1.54, 1.807) is 6.07 Å². The molecule has 0 atom stereocenters. The van der Waals surface area contributed by atoms with Gasteiger partial charge in [0.15, 0.2) is 5.82 Å². The van der Waals surface area contributed by atoms with Gasteiger partial charge in [0, 0.05) is 0 Å². The molecule has 0 heterocycles. The van der Waals surface area contributed by atoms with Crippen molar-refractivity contribution in [1.29, 1.82) is 0 Å². The summed E-state index contributed by atoms with van der Waals surface area (Å²) in [5.41, 5.74) is 7.06. The van der Waals surface area contributed by atoms with Gasteiger partial charge < -0.3 is 5.73 Å². The van der Waals surface area contributed by atoms with Gasteiger partial charge in [0.05, 0.1) is 10.2 Å². The molecule has 0 aliphatic heterocycles. The Bertz CT molecular complexity index is 334. The minimum Gasteiger partial charge on any atom is -0.396 e. The number of hydrogen-bond acceptors (Lipinski definition) is 1. The van der Waals surface area contributed by atoms with Crippen LogP contribution in [0.3, 0.4) is 0 Å². The van der Waals surface area contributed by atoms with E-state index in [1.165, 1.54) is 6.07 Å². The molecular weight excluding hydrogens is 221 g/mol. The fourth-order valence-electron chi connectivity index (χ4n) is 0.894. The summed E-state index contributed by atoms with van der Waals surface area (Å²) >= 11 is 3.12. The van der Waals surface area contributed by atoms with Crippen molar-refractivity contribution in [2.24, 2.45) is 0 Å². The molecule has 0 aromatic heterocycles. The van der Waals surface area contributed by atoms with Crippen LogP contribution in [0.5, 0.6) is 0 Å². The number of hydrogen-bond donors (Lipinski definition) is 1. The topological polar surface area (TPSA) is 26.0 Å². The zero-order valence-corrected chi connectivity index (χ0v) is 8.28. The first kappa shape index (κ1) is 9.26. The average Bonchev–Trinajstić information content (AvgIpc) is 2.00. The third kappa shape index (κ3) is 1.50. The lowest BCUT2D eigenvalue weighted by Crippen LogP contribution is -1.93. The monoisotopic (exact) mass is 229 g/mol. The van der Waals surface area contributed by atoms with Crippen molar-refractivity contribution in [1.82, 2.24) is 0 Å². The summed E-state index contributed by atoms with van der Waals surface area (Å²) in [7, 11) is 0. The Morgan fingerprint density at radius 3 is 2.67 bits per heavy atom. The molecule has 0 saturated carbocycles. The molecule has 1 rings (SSSR count). The van der Waals surface area contributed by atoms with E-state index in [-0.39, 0.29) is 5.69 Å². The minimum atomic E-state index is -0.421. The molecule has 2 N–H and O–H groups in total. The standard InChI is InChI=1S/C9H9BrFN/c1-5(2)6-3-4-7(12)9(11)8(6)10/h3-4H,1,12H2,2H3. The molecule has 0 unspecified atom stereocenters. The predicted octanol–water partition coefficient (Wildman–Crippen LogP) is 3.20. The highest BCUT2D eigenvalue weighted by Crippen LogP contribution is 2.28. The van der Waals surface area contributed by atoms with Gasteiger partial charge in [-0.05, 0) is 40.1 Å². The molecule has 0 bridgehead atoms. The molecule has 64 valence electrons. The largest absolute Gasteiger partial charge is 0.396 e. The van der Waals surface area contributed by atoms with Gasteiger partial charge in [-0.1, -0.05) is 12.6 Å². The highest BCUT2D eigenvalue weighted by atomic mass is 79.9. The number of rotatable bonds is 1. The fourth-order valence-corrected chi connectivity index (χ4v) is 1.59. The Kier molecular flexibility index (Phi) is 2.52. The summed E-state index contributed by atoms with van der Waals surface area (Å²) in [4.78, 5) is 0. The molecule has 0 radical (unpaired) electrons. The lowest BCUT2D eigenvalue weighted by atomic mass is 10.1. The second-order valence-electron chi connectivity index (χ2n) is 2.61. The molecule has 0 aliphatic carbocycles. The first-order chi connectivity index (χ1) is 5.54. The van der Waals surface area contributed by atoms with Crippen LogP contribution in [0.2, 0.25) is 0 Å². The molecular formula is C9H9BrFN.